The molecule has 0 amide bonds. The van der Waals surface area contributed by atoms with Gasteiger partial charge in [0.05, 0.1) is 11.7 Å². The normalized spacial score (nSPS) is 24.3. The lowest BCUT2D eigenvalue weighted by atomic mass is 9.75. The van der Waals surface area contributed by atoms with Gasteiger partial charge in [0.15, 0.2) is 5.65 Å². The van der Waals surface area contributed by atoms with Gasteiger partial charge in [-0.05, 0) is 53.6 Å². The molecule has 1 fully saturated rings. The van der Waals surface area contributed by atoms with E-state index >= 15 is 0 Å². The zero-order chi connectivity index (χ0) is 19.1. The molecule has 0 spiro atoms. The molecule has 7 nitrogen and oxygen atoms in total. The molecule has 26 heavy (non-hydrogen) atoms. The van der Waals surface area contributed by atoms with Crippen LogP contribution in [0.4, 0.5) is 5.95 Å². The predicted molar refractivity (Wildman–Crippen MR) is 106 cm³/mol. The SMILES string of the molecule is CC1CCCC(CNc2nc3c(cnn3C(C)(C)C)c(=O)[nH]2)(N(C)C)C1. The van der Waals surface area contributed by atoms with Gasteiger partial charge in [0.1, 0.15) is 5.39 Å². The zero-order valence-electron chi connectivity index (χ0n) is 16.9. The first-order valence-corrected chi connectivity index (χ1v) is 9.52. The molecule has 7 heteroatoms. The van der Waals surface area contributed by atoms with Gasteiger partial charge in [0.25, 0.3) is 5.56 Å². The van der Waals surface area contributed by atoms with Crippen molar-refractivity contribution < 1.29 is 0 Å². The Morgan fingerprint density at radius 3 is 2.77 bits per heavy atom. The Morgan fingerprint density at radius 1 is 1.42 bits per heavy atom. The number of fused-ring (bicyclic) bond motifs is 1. The molecule has 2 aromatic rings. The summed E-state index contributed by atoms with van der Waals surface area (Å²) >= 11 is 0. The van der Waals surface area contributed by atoms with E-state index in [1.54, 1.807) is 6.20 Å². The first kappa shape index (κ1) is 18.9. The summed E-state index contributed by atoms with van der Waals surface area (Å²) in [5, 5.41) is 8.30. The molecule has 1 saturated carbocycles. The largest absolute Gasteiger partial charge is 0.354 e. The van der Waals surface area contributed by atoms with Crippen LogP contribution in [0.1, 0.15) is 53.4 Å². The highest BCUT2D eigenvalue weighted by Gasteiger charge is 2.37. The first-order valence-electron chi connectivity index (χ1n) is 9.52. The molecule has 3 rings (SSSR count). The van der Waals surface area contributed by atoms with Crippen LogP contribution >= 0.6 is 0 Å². The van der Waals surface area contributed by atoms with Crippen molar-refractivity contribution in [2.75, 3.05) is 26.0 Å². The van der Waals surface area contributed by atoms with Crippen LogP contribution in [-0.2, 0) is 5.54 Å². The van der Waals surface area contributed by atoms with E-state index in [-0.39, 0.29) is 16.6 Å². The average Bonchev–Trinajstić information content (AvgIpc) is 2.97. The van der Waals surface area contributed by atoms with Crippen molar-refractivity contribution in [2.24, 2.45) is 5.92 Å². The summed E-state index contributed by atoms with van der Waals surface area (Å²) in [7, 11) is 4.29. The lowest BCUT2D eigenvalue weighted by molar-refractivity contribution is 0.0881. The van der Waals surface area contributed by atoms with Gasteiger partial charge >= 0.3 is 0 Å². The second kappa shape index (κ2) is 6.68. The number of nitrogens with one attached hydrogen (secondary N) is 2. The molecule has 2 atom stereocenters. The third kappa shape index (κ3) is 3.49. The van der Waals surface area contributed by atoms with Gasteiger partial charge in [-0.3, -0.25) is 9.78 Å². The zero-order valence-corrected chi connectivity index (χ0v) is 16.9. The quantitative estimate of drug-likeness (QED) is 0.876. The molecule has 2 heterocycles. The summed E-state index contributed by atoms with van der Waals surface area (Å²) in [5.74, 6) is 1.23. The fourth-order valence-electron chi connectivity index (χ4n) is 4.10. The minimum Gasteiger partial charge on any atom is -0.354 e. The van der Waals surface area contributed by atoms with E-state index in [9.17, 15) is 4.79 Å². The number of H-pyrrole nitrogens is 1. The molecular formula is C19H32N6O. The summed E-state index contributed by atoms with van der Waals surface area (Å²) in [4.78, 5) is 22.3. The van der Waals surface area contributed by atoms with Crippen LogP contribution in [0.2, 0.25) is 0 Å². The van der Waals surface area contributed by atoms with Crippen molar-refractivity contribution >= 4 is 17.0 Å². The van der Waals surface area contributed by atoms with Crippen molar-refractivity contribution in [3.8, 4) is 0 Å². The van der Waals surface area contributed by atoms with Crippen molar-refractivity contribution in [3.05, 3.63) is 16.6 Å². The fraction of sp³-hybridized carbons (Fsp3) is 0.737. The number of anilines is 1. The molecule has 0 bridgehead atoms. The number of rotatable bonds is 4. The van der Waals surface area contributed by atoms with Crippen LogP contribution in [0.3, 0.4) is 0 Å². The van der Waals surface area contributed by atoms with Gasteiger partial charge in [-0.2, -0.15) is 10.1 Å². The topological polar surface area (TPSA) is 78.8 Å². The Morgan fingerprint density at radius 2 is 2.15 bits per heavy atom. The summed E-state index contributed by atoms with van der Waals surface area (Å²) < 4.78 is 1.81. The highest BCUT2D eigenvalue weighted by atomic mass is 16.1. The van der Waals surface area contributed by atoms with Gasteiger partial charge in [-0.15, -0.1) is 0 Å². The van der Waals surface area contributed by atoms with E-state index in [4.69, 9.17) is 0 Å². The molecule has 0 aliphatic heterocycles. The van der Waals surface area contributed by atoms with Gasteiger partial charge in [-0.1, -0.05) is 19.8 Å². The van der Waals surface area contributed by atoms with Crippen molar-refractivity contribution in [1.29, 1.82) is 0 Å². The highest BCUT2D eigenvalue weighted by Crippen LogP contribution is 2.35. The Kier molecular flexibility index (Phi) is 4.86. The van der Waals surface area contributed by atoms with Gasteiger partial charge < -0.3 is 10.2 Å². The maximum atomic E-state index is 12.5. The second-order valence-corrected chi connectivity index (χ2v) is 9.05. The molecule has 2 unspecified atom stereocenters. The Hall–Kier alpha value is -1.89. The van der Waals surface area contributed by atoms with E-state index in [0.29, 0.717) is 22.9 Å². The summed E-state index contributed by atoms with van der Waals surface area (Å²) in [6.07, 6.45) is 6.44. The second-order valence-electron chi connectivity index (χ2n) is 9.05. The lowest BCUT2D eigenvalue weighted by Crippen LogP contribution is -2.52. The number of likely N-dealkylation sites (N-methyl/N-ethyl adjacent to an activating group) is 1. The minimum atomic E-state index is -0.233. The molecule has 0 saturated heterocycles. The third-order valence-corrected chi connectivity index (χ3v) is 5.67. The summed E-state index contributed by atoms with van der Waals surface area (Å²) in [5.41, 5.74) is 0.336. The monoisotopic (exact) mass is 360 g/mol. The predicted octanol–water partition coefficient (Wildman–Crippen LogP) is 2.80. The maximum absolute atomic E-state index is 12.5. The number of nitrogens with zero attached hydrogens (tertiary/aromatic N) is 4. The Labute approximate surface area is 155 Å². The molecule has 0 aromatic carbocycles. The van der Waals surface area contributed by atoms with E-state index < -0.39 is 0 Å². The van der Waals surface area contributed by atoms with Crippen LogP contribution < -0.4 is 10.9 Å². The molecule has 2 N–H and O–H groups in total. The molecular weight excluding hydrogens is 328 g/mol. The first-order chi connectivity index (χ1) is 12.1. The number of hydrogen-bond acceptors (Lipinski definition) is 5. The lowest BCUT2D eigenvalue weighted by Gasteiger charge is -2.45. The Balaban J connectivity index is 1.90. The van der Waals surface area contributed by atoms with Gasteiger partial charge in [0.2, 0.25) is 5.95 Å². The number of aromatic amines is 1. The minimum absolute atomic E-state index is 0.0927. The van der Waals surface area contributed by atoms with Crippen molar-refractivity contribution in [2.45, 2.75) is 64.5 Å². The van der Waals surface area contributed by atoms with E-state index in [1.807, 2.05) is 4.68 Å². The van der Waals surface area contributed by atoms with Gasteiger partial charge in [0, 0.05) is 12.1 Å². The van der Waals surface area contributed by atoms with Crippen LogP contribution in [-0.4, -0.2) is 50.8 Å². The van der Waals surface area contributed by atoms with E-state index in [2.05, 4.69) is 67.1 Å². The highest BCUT2D eigenvalue weighted by molar-refractivity contribution is 5.74. The summed E-state index contributed by atoms with van der Waals surface area (Å²) in [6.45, 7) is 9.26. The van der Waals surface area contributed by atoms with Crippen molar-refractivity contribution in [3.63, 3.8) is 0 Å². The summed E-state index contributed by atoms with van der Waals surface area (Å²) in [6, 6.07) is 0. The third-order valence-electron chi connectivity index (χ3n) is 5.67. The standard InChI is InChI=1S/C19H32N6O/c1-13-8-7-9-19(10-13,24(5)6)12-20-17-22-15-14(16(26)23-17)11-21-25(15)18(2,3)4/h11,13H,7-10,12H2,1-6H3,(H2,20,22,23,26). The molecule has 144 valence electrons. The van der Waals surface area contributed by atoms with Gasteiger partial charge in [-0.25, -0.2) is 4.68 Å². The van der Waals surface area contributed by atoms with Crippen LogP contribution in [0.15, 0.2) is 11.0 Å². The van der Waals surface area contributed by atoms with E-state index in [0.717, 1.165) is 19.4 Å². The van der Waals surface area contributed by atoms with Crippen LogP contribution in [0.25, 0.3) is 11.0 Å². The van der Waals surface area contributed by atoms with Crippen molar-refractivity contribution in [1.82, 2.24) is 24.6 Å². The molecule has 2 aromatic heterocycles. The average molecular weight is 361 g/mol. The van der Waals surface area contributed by atoms with Crippen LogP contribution in [0.5, 0.6) is 0 Å². The molecule has 1 aliphatic carbocycles. The van der Waals surface area contributed by atoms with Crippen LogP contribution in [0, 0.1) is 5.92 Å². The fourth-order valence-corrected chi connectivity index (χ4v) is 4.10. The smallest absolute Gasteiger partial charge is 0.263 e. The maximum Gasteiger partial charge on any atom is 0.263 e. The number of hydrogen-bond donors (Lipinski definition) is 2. The van der Waals surface area contributed by atoms with E-state index in [1.165, 1.54) is 12.8 Å². The molecule has 1 aliphatic rings. The number of aromatic nitrogens is 4. The molecule has 0 radical (unpaired) electrons. The Bertz CT molecular complexity index is 831.